The number of esters is 1. The van der Waals surface area contributed by atoms with Gasteiger partial charge in [-0.1, -0.05) is 24.3 Å². The first-order valence-corrected chi connectivity index (χ1v) is 11.1. The van der Waals surface area contributed by atoms with Crippen molar-refractivity contribution in [1.82, 2.24) is 15.1 Å². The molecule has 0 amide bonds. The zero-order chi connectivity index (χ0) is 21.3. The second-order valence-corrected chi connectivity index (χ2v) is 8.17. The van der Waals surface area contributed by atoms with Crippen molar-refractivity contribution in [1.29, 1.82) is 0 Å². The van der Waals surface area contributed by atoms with E-state index in [0.717, 1.165) is 51.6 Å². The van der Waals surface area contributed by atoms with E-state index in [1.54, 1.807) is 7.05 Å². The van der Waals surface area contributed by atoms with Gasteiger partial charge in [-0.15, -0.1) is 0 Å². The summed E-state index contributed by atoms with van der Waals surface area (Å²) in [7, 11) is 1.80. The molecular formula is C23H36N4O3. The van der Waals surface area contributed by atoms with Gasteiger partial charge in [-0.2, -0.15) is 0 Å². The van der Waals surface area contributed by atoms with E-state index in [1.165, 1.54) is 11.1 Å². The second-order valence-electron chi connectivity index (χ2n) is 8.17. The number of nitrogens with zero attached hydrogens (tertiary/aromatic N) is 3. The molecule has 2 aliphatic heterocycles. The average Bonchev–Trinajstić information content (AvgIpc) is 2.75. The fraction of sp³-hybridized carbons (Fsp3) is 0.652. The molecule has 2 fully saturated rings. The number of aliphatic imine (C=N–C) groups is 1. The van der Waals surface area contributed by atoms with Crippen LogP contribution in [0.5, 0.6) is 0 Å². The van der Waals surface area contributed by atoms with Gasteiger partial charge in [-0.3, -0.25) is 14.7 Å². The van der Waals surface area contributed by atoms with Gasteiger partial charge in [0.1, 0.15) is 0 Å². The van der Waals surface area contributed by atoms with Crippen LogP contribution in [-0.2, 0) is 27.4 Å². The summed E-state index contributed by atoms with van der Waals surface area (Å²) in [5, 5.41) is 3.48. The SMILES string of the molecule is CCOC(=O)C1CCCN(C(=NC)NCc2cccc(CN3CCOC(C)C3)c2)C1. The third kappa shape index (κ3) is 6.44. The standard InChI is InChI=1S/C23H36N4O3/c1-4-29-22(28)21-9-6-10-27(17-21)23(24-3)25-14-19-7-5-8-20(13-19)16-26-11-12-30-18(2)15-26/h5,7-8,13,18,21H,4,6,9-12,14-17H2,1-3H3,(H,24,25). The highest BCUT2D eigenvalue weighted by Crippen LogP contribution is 2.18. The third-order valence-corrected chi connectivity index (χ3v) is 5.73. The minimum absolute atomic E-state index is 0.0727. The summed E-state index contributed by atoms with van der Waals surface area (Å²) < 4.78 is 10.9. The first kappa shape index (κ1) is 22.6. The second kappa shape index (κ2) is 11.3. The number of morpholine rings is 1. The number of hydrogen-bond donors (Lipinski definition) is 1. The van der Waals surface area contributed by atoms with Gasteiger partial charge in [0.05, 0.1) is 25.2 Å². The first-order chi connectivity index (χ1) is 14.6. The largest absolute Gasteiger partial charge is 0.466 e. The third-order valence-electron chi connectivity index (χ3n) is 5.73. The van der Waals surface area contributed by atoms with Crippen LogP contribution in [0.2, 0.25) is 0 Å². The van der Waals surface area contributed by atoms with E-state index in [9.17, 15) is 4.79 Å². The van der Waals surface area contributed by atoms with Crippen LogP contribution >= 0.6 is 0 Å². The van der Waals surface area contributed by atoms with E-state index in [4.69, 9.17) is 9.47 Å². The highest BCUT2D eigenvalue weighted by atomic mass is 16.5. The lowest BCUT2D eigenvalue weighted by Gasteiger charge is -2.34. The fourth-order valence-electron chi connectivity index (χ4n) is 4.27. The van der Waals surface area contributed by atoms with E-state index < -0.39 is 0 Å². The number of hydrogen-bond acceptors (Lipinski definition) is 5. The molecule has 1 aromatic carbocycles. The normalized spacial score (nSPS) is 23.3. The topological polar surface area (TPSA) is 66.4 Å². The molecule has 2 aliphatic rings. The maximum absolute atomic E-state index is 12.1. The molecule has 3 rings (SSSR count). The molecule has 1 aromatic rings. The van der Waals surface area contributed by atoms with Crippen LogP contribution in [0.3, 0.4) is 0 Å². The molecule has 0 radical (unpaired) electrons. The molecule has 2 unspecified atom stereocenters. The van der Waals surface area contributed by atoms with Crippen molar-refractivity contribution in [2.45, 2.75) is 45.9 Å². The van der Waals surface area contributed by atoms with Crippen molar-refractivity contribution in [2.24, 2.45) is 10.9 Å². The average molecular weight is 417 g/mol. The van der Waals surface area contributed by atoms with Gasteiger partial charge < -0.3 is 19.7 Å². The minimum atomic E-state index is -0.0946. The molecule has 166 valence electrons. The maximum Gasteiger partial charge on any atom is 0.310 e. The molecule has 0 aliphatic carbocycles. The van der Waals surface area contributed by atoms with Crippen molar-refractivity contribution in [2.75, 3.05) is 46.4 Å². The Morgan fingerprint density at radius 3 is 2.90 bits per heavy atom. The highest BCUT2D eigenvalue weighted by molar-refractivity contribution is 5.81. The number of carbonyl (C=O) groups is 1. The van der Waals surface area contributed by atoms with Crippen LogP contribution in [-0.4, -0.2) is 74.3 Å². The lowest BCUT2D eigenvalue weighted by atomic mass is 9.98. The molecule has 0 saturated carbocycles. The number of likely N-dealkylation sites (tertiary alicyclic amines) is 1. The Balaban J connectivity index is 1.54. The molecule has 2 atom stereocenters. The monoisotopic (exact) mass is 416 g/mol. The van der Waals surface area contributed by atoms with Crippen molar-refractivity contribution >= 4 is 11.9 Å². The first-order valence-electron chi connectivity index (χ1n) is 11.1. The minimum Gasteiger partial charge on any atom is -0.466 e. The summed E-state index contributed by atoms with van der Waals surface area (Å²) in [6.45, 7) is 10.4. The zero-order valence-electron chi connectivity index (χ0n) is 18.6. The summed E-state index contributed by atoms with van der Waals surface area (Å²) in [5.74, 6) is 0.677. The molecule has 7 nitrogen and oxygen atoms in total. The van der Waals surface area contributed by atoms with E-state index in [0.29, 0.717) is 25.8 Å². The zero-order valence-corrected chi connectivity index (χ0v) is 18.6. The van der Waals surface area contributed by atoms with E-state index in [2.05, 4.69) is 51.3 Å². The van der Waals surface area contributed by atoms with Crippen LogP contribution in [0, 0.1) is 5.92 Å². The van der Waals surface area contributed by atoms with Gasteiger partial charge >= 0.3 is 5.97 Å². The van der Waals surface area contributed by atoms with Crippen LogP contribution in [0.25, 0.3) is 0 Å². The number of piperidine rings is 1. The van der Waals surface area contributed by atoms with Gasteiger partial charge in [0, 0.05) is 46.3 Å². The molecule has 7 heteroatoms. The van der Waals surface area contributed by atoms with Gasteiger partial charge in [-0.25, -0.2) is 0 Å². The van der Waals surface area contributed by atoms with Crippen molar-refractivity contribution in [3.63, 3.8) is 0 Å². The molecule has 1 N–H and O–H groups in total. The number of nitrogens with one attached hydrogen (secondary N) is 1. The molecule has 0 bridgehead atoms. The van der Waals surface area contributed by atoms with Crippen molar-refractivity contribution in [3.8, 4) is 0 Å². The van der Waals surface area contributed by atoms with Crippen LogP contribution in [0.15, 0.2) is 29.3 Å². The quantitative estimate of drug-likeness (QED) is 0.436. The number of guanidine groups is 1. The number of carbonyl (C=O) groups excluding carboxylic acids is 1. The number of benzene rings is 1. The maximum atomic E-state index is 12.1. The Hall–Kier alpha value is -2.12. The Kier molecular flexibility index (Phi) is 8.51. The van der Waals surface area contributed by atoms with Crippen LogP contribution in [0.4, 0.5) is 0 Å². The summed E-state index contributed by atoms with van der Waals surface area (Å²) >= 11 is 0. The molecular weight excluding hydrogens is 380 g/mol. The number of ether oxygens (including phenoxy) is 2. The van der Waals surface area contributed by atoms with Gasteiger partial charge in [0.25, 0.3) is 0 Å². The number of rotatable bonds is 6. The summed E-state index contributed by atoms with van der Waals surface area (Å²) in [6, 6.07) is 8.71. The van der Waals surface area contributed by atoms with Crippen molar-refractivity contribution in [3.05, 3.63) is 35.4 Å². The fourth-order valence-corrected chi connectivity index (χ4v) is 4.27. The summed E-state index contributed by atoms with van der Waals surface area (Å²) in [4.78, 5) is 21.2. The Bertz CT molecular complexity index is 724. The van der Waals surface area contributed by atoms with E-state index >= 15 is 0 Å². The smallest absolute Gasteiger partial charge is 0.310 e. The lowest BCUT2D eigenvalue weighted by molar-refractivity contribution is -0.149. The lowest BCUT2D eigenvalue weighted by Crippen LogP contribution is -2.48. The summed E-state index contributed by atoms with van der Waals surface area (Å²) in [5.41, 5.74) is 2.55. The Morgan fingerprint density at radius 1 is 1.30 bits per heavy atom. The van der Waals surface area contributed by atoms with Crippen molar-refractivity contribution < 1.29 is 14.3 Å². The molecule has 2 saturated heterocycles. The van der Waals surface area contributed by atoms with E-state index in [1.807, 2.05) is 6.92 Å². The van der Waals surface area contributed by atoms with Crippen LogP contribution < -0.4 is 5.32 Å². The predicted molar refractivity (Wildman–Crippen MR) is 118 cm³/mol. The predicted octanol–water partition coefficient (Wildman–Crippen LogP) is 2.26. The highest BCUT2D eigenvalue weighted by Gasteiger charge is 2.28. The van der Waals surface area contributed by atoms with Gasteiger partial charge in [0.2, 0.25) is 0 Å². The molecule has 30 heavy (non-hydrogen) atoms. The Morgan fingerprint density at radius 2 is 2.13 bits per heavy atom. The van der Waals surface area contributed by atoms with Crippen LogP contribution in [0.1, 0.15) is 37.8 Å². The van der Waals surface area contributed by atoms with Gasteiger partial charge in [-0.05, 0) is 37.8 Å². The molecule has 0 aromatic heterocycles. The van der Waals surface area contributed by atoms with E-state index in [-0.39, 0.29) is 11.9 Å². The Labute approximate surface area is 180 Å². The van der Waals surface area contributed by atoms with Gasteiger partial charge in [0.15, 0.2) is 5.96 Å². The molecule has 2 heterocycles. The molecule has 0 spiro atoms. The summed E-state index contributed by atoms with van der Waals surface area (Å²) in [6.07, 6.45) is 2.15.